The third-order valence-corrected chi connectivity index (χ3v) is 4.70. The van der Waals surface area contributed by atoms with Gasteiger partial charge in [-0.1, -0.05) is 24.3 Å². The summed E-state index contributed by atoms with van der Waals surface area (Å²) in [5, 5.41) is 9.39. The summed E-state index contributed by atoms with van der Waals surface area (Å²) >= 11 is 0. The van der Waals surface area contributed by atoms with Crippen LogP contribution in [0, 0.1) is 5.82 Å². The van der Waals surface area contributed by atoms with E-state index in [1.165, 1.54) is 12.1 Å². The van der Waals surface area contributed by atoms with E-state index in [2.05, 4.69) is 0 Å². The number of carbonyl (C=O) groups excluding carboxylic acids is 1. The van der Waals surface area contributed by atoms with Gasteiger partial charge in [0.05, 0.1) is 26.4 Å². The predicted octanol–water partition coefficient (Wildman–Crippen LogP) is 2.74. The van der Waals surface area contributed by atoms with Gasteiger partial charge in [0.25, 0.3) is 0 Å². The van der Waals surface area contributed by atoms with Crippen LogP contribution >= 0.6 is 0 Å². The molecule has 0 aromatic heterocycles. The molecule has 2 aromatic rings. The van der Waals surface area contributed by atoms with Gasteiger partial charge in [-0.3, -0.25) is 9.69 Å². The highest BCUT2D eigenvalue weighted by atomic mass is 19.1. The molecule has 1 unspecified atom stereocenters. The quantitative estimate of drug-likeness (QED) is 0.804. The summed E-state index contributed by atoms with van der Waals surface area (Å²) in [6.07, 6.45) is -1.71. The number of methoxy groups -OCH3 is 1. The van der Waals surface area contributed by atoms with Crippen molar-refractivity contribution in [1.82, 2.24) is 9.80 Å². The molecule has 1 N–H and O–H groups in total. The number of nitrogens with zero attached hydrogens (tertiary/aromatic N) is 2. The maximum Gasteiger partial charge on any atom is 0.407 e. The molecule has 8 heteroatoms. The molecule has 154 valence electrons. The van der Waals surface area contributed by atoms with Crippen molar-refractivity contribution in [3.63, 3.8) is 0 Å². The van der Waals surface area contributed by atoms with Gasteiger partial charge in [0.1, 0.15) is 18.1 Å². The molecule has 0 radical (unpaired) electrons. The number of carbonyl (C=O) groups is 2. The van der Waals surface area contributed by atoms with Crippen LogP contribution in [0.4, 0.5) is 9.18 Å². The Kier molecular flexibility index (Phi) is 6.66. The summed E-state index contributed by atoms with van der Waals surface area (Å²) in [6, 6.07) is 13.4. The lowest BCUT2D eigenvalue weighted by atomic mass is 10.2. The molecule has 0 saturated carbocycles. The molecular formula is C21H23FN2O5. The molecule has 1 saturated heterocycles. The largest absolute Gasteiger partial charge is 0.497 e. The minimum atomic E-state index is -1.18. The Morgan fingerprint density at radius 1 is 1.17 bits per heavy atom. The first-order valence-electron chi connectivity index (χ1n) is 9.19. The van der Waals surface area contributed by atoms with Crippen LogP contribution in [0.2, 0.25) is 0 Å². The summed E-state index contributed by atoms with van der Waals surface area (Å²) in [5.74, 6) is 0.0554. The first-order chi connectivity index (χ1) is 13.9. The topological polar surface area (TPSA) is 79.3 Å². The van der Waals surface area contributed by atoms with Crippen LogP contribution in [0.1, 0.15) is 11.1 Å². The standard InChI is InChI=1S/C21H23FN2O5/c1-28-18-7-5-15(6-8-18)10-23-11-19(12-24(21(26)27)13-20(23)25)29-14-16-3-2-4-17(22)9-16/h2-9,19H,10-14H2,1H3,(H,26,27). The summed E-state index contributed by atoms with van der Waals surface area (Å²) < 4.78 is 24.4. The number of benzene rings is 2. The van der Waals surface area contributed by atoms with Crippen molar-refractivity contribution in [2.75, 3.05) is 26.7 Å². The van der Waals surface area contributed by atoms with Crippen LogP contribution in [0.3, 0.4) is 0 Å². The SMILES string of the molecule is COc1ccc(CN2CC(OCc3cccc(F)c3)CN(C(=O)O)CC2=O)cc1. The Labute approximate surface area is 168 Å². The number of hydrogen-bond acceptors (Lipinski definition) is 4. The van der Waals surface area contributed by atoms with Crippen LogP contribution in [-0.4, -0.2) is 59.8 Å². The highest BCUT2D eigenvalue weighted by Gasteiger charge is 2.30. The second-order valence-electron chi connectivity index (χ2n) is 6.85. The highest BCUT2D eigenvalue weighted by Crippen LogP contribution is 2.17. The lowest BCUT2D eigenvalue weighted by molar-refractivity contribution is -0.132. The number of hydrogen-bond donors (Lipinski definition) is 1. The second-order valence-corrected chi connectivity index (χ2v) is 6.85. The molecule has 0 spiro atoms. The molecule has 1 fully saturated rings. The Bertz CT molecular complexity index is 858. The predicted molar refractivity (Wildman–Crippen MR) is 103 cm³/mol. The zero-order valence-corrected chi connectivity index (χ0v) is 16.1. The van der Waals surface area contributed by atoms with Gasteiger partial charge in [0.2, 0.25) is 5.91 Å². The summed E-state index contributed by atoms with van der Waals surface area (Å²) in [7, 11) is 1.58. The molecule has 3 rings (SSSR count). The van der Waals surface area contributed by atoms with E-state index in [0.717, 1.165) is 10.5 Å². The van der Waals surface area contributed by atoms with Crippen molar-refractivity contribution in [3.8, 4) is 5.75 Å². The van der Waals surface area contributed by atoms with Crippen LogP contribution in [0.5, 0.6) is 5.75 Å². The average molecular weight is 402 g/mol. The zero-order valence-electron chi connectivity index (χ0n) is 16.1. The molecule has 2 aromatic carbocycles. The minimum absolute atomic E-state index is 0.0650. The lowest BCUT2D eigenvalue weighted by Crippen LogP contribution is -2.38. The number of rotatable bonds is 6. The van der Waals surface area contributed by atoms with Crippen LogP contribution in [-0.2, 0) is 22.7 Å². The molecule has 1 atom stereocenters. The van der Waals surface area contributed by atoms with Gasteiger partial charge in [0.15, 0.2) is 0 Å². The molecule has 1 aliphatic rings. The zero-order chi connectivity index (χ0) is 20.8. The van der Waals surface area contributed by atoms with Crippen molar-refractivity contribution in [3.05, 3.63) is 65.5 Å². The van der Waals surface area contributed by atoms with Gasteiger partial charge in [-0.05, 0) is 35.4 Å². The number of amides is 2. The molecule has 1 heterocycles. The Morgan fingerprint density at radius 2 is 1.93 bits per heavy atom. The second kappa shape index (κ2) is 9.38. The summed E-state index contributed by atoms with van der Waals surface area (Å²) in [6.45, 7) is 0.529. The average Bonchev–Trinajstić information content (AvgIpc) is 2.86. The smallest absolute Gasteiger partial charge is 0.407 e. The third-order valence-electron chi connectivity index (χ3n) is 4.70. The van der Waals surface area contributed by atoms with Crippen molar-refractivity contribution in [2.45, 2.75) is 19.3 Å². The van der Waals surface area contributed by atoms with E-state index in [0.29, 0.717) is 17.9 Å². The van der Waals surface area contributed by atoms with Crippen molar-refractivity contribution in [1.29, 1.82) is 0 Å². The van der Waals surface area contributed by atoms with Gasteiger partial charge in [-0.15, -0.1) is 0 Å². The first kappa shape index (κ1) is 20.6. The van der Waals surface area contributed by atoms with Gasteiger partial charge >= 0.3 is 6.09 Å². The highest BCUT2D eigenvalue weighted by molar-refractivity contribution is 5.82. The molecule has 0 bridgehead atoms. The minimum Gasteiger partial charge on any atom is -0.497 e. The molecule has 1 aliphatic heterocycles. The monoisotopic (exact) mass is 402 g/mol. The number of halogens is 1. The lowest BCUT2D eigenvalue weighted by Gasteiger charge is -2.24. The van der Waals surface area contributed by atoms with E-state index in [1.54, 1.807) is 36.3 Å². The van der Waals surface area contributed by atoms with Crippen molar-refractivity contribution >= 4 is 12.0 Å². The van der Waals surface area contributed by atoms with Gasteiger partial charge in [-0.2, -0.15) is 0 Å². The molecule has 0 aliphatic carbocycles. The van der Waals surface area contributed by atoms with Gasteiger partial charge in [-0.25, -0.2) is 9.18 Å². The van der Waals surface area contributed by atoms with E-state index >= 15 is 0 Å². The van der Waals surface area contributed by atoms with Gasteiger partial charge < -0.3 is 19.5 Å². The first-order valence-corrected chi connectivity index (χ1v) is 9.19. The summed E-state index contributed by atoms with van der Waals surface area (Å²) in [5.41, 5.74) is 1.54. The Morgan fingerprint density at radius 3 is 2.59 bits per heavy atom. The maximum atomic E-state index is 13.4. The molecule has 29 heavy (non-hydrogen) atoms. The Hall–Kier alpha value is -3.13. The van der Waals surface area contributed by atoms with Crippen molar-refractivity contribution < 1.29 is 28.6 Å². The van der Waals surface area contributed by atoms with Gasteiger partial charge in [0, 0.05) is 13.1 Å². The molecule has 2 amide bonds. The van der Waals surface area contributed by atoms with Crippen LogP contribution in [0.25, 0.3) is 0 Å². The number of ether oxygens (including phenoxy) is 2. The molecular weight excluding hydrogens is 379 g/mol. The fraction of sp³-hybridized carbons (Fsp3) is 0.333. The van der Waals surface area contributed by atoms with Crippen LogP contribution in [0.15, 0.2) is 48.5 Å². The summed E-state index contributed by atoms with van der Waals surface area (Å²) in [4.78, 5) is 26.7. The fourth-order valence-electron chi connectivity index (χ4n) is 3.18. The third kappa shape index (κ3) is 5.68. The van der Waals surface area contributed by atoms with E-state index in [-0.39, 0.29) is 38.0 Å². The van der Waals surface area contributed by atoms with E-state index in [1.807, 2.05) is 12.1 Å². The van der Waals surface area contributed by atoms with E-state index < -0.39 is 12.2 Å². The molecule has 7 nitrogen and oxygen atoms in total. The fourth-order valence-corrected chi connectivity index (χ4v) is 3.18. The normalized spacial score (nSPS) is 17.2. The maximum absolute atomic E-state index is 13.4. The Balaban J connectivity index is 1.71. The van der Waals surface area contributed by atoms with E-state index in [4.69, 9.17) is 9.47 Å². The van der Waals surface area contributed by atoms with Crippen molar-refractivity contribution in [2.24, 2.45) is 0 Å². The van der Waals surface area contributed by atoms with E-state index in [9.17, 15) is 19.1 Å². The number of carboxylic acid groups (broad SMARTS) is 1. The van der Waals surface area contributed by atoms with Crippen LogP contribution < -0.4 is 4.74 Å².